The molecule has 0 aromatic rings. The van der Waals surface area contributed by atoms with Crippen LogP contribution in [0.1, 0.15) is 6.92 Å². The van der Waals surface area contributed by atoms with Crippen LogP contribution in [0.4, 0.5) is 0 Å². The Hall–Kier alpha value is -0.650. The molecule has 2 atom stereocenters. The van der Waals surface area contributed by atoms with E-state index in [0.29, 0.717) is 25.7 Å². The van der Waals surface area contributed by atoms with Crippen molar-refractivity contribution in [2.24, 2.45) is 11.8 Å². The Balaban J connectivity index is 2.00. The first-order valence-corrected chi connectivity index (χ1v) is 6.32. The molecule has 2 N–H and O–H groups in total. The Morgan fingerprint density at radius 3 is 2.76 bits per heavy atom. The Bertz CT molecular complexity index is 234. The fourth-order valence-electron chi connectivity index (χ4n) is 1.89. The van der Waals surface area contributed by atoms with Crippen molar-refractivity contribution in [2.75, 3.05) is 53.5 Å². The molecule has 0 aromatic heterocycles. The van der Waals surface area contributed by atoms with Crippen molar-refractivity contribution in [3.63, 3.8) is 0 Å². The van der Waals surface area contributed by atoms with Gasteiger partial charge in [-0.2, -0.15) is 0 Å². The van der Waals surface area contributed by atoms with E-state index in [1.807, 2.05) is 14.1 Å². The summed E-state index contributed by atoms with van der Waals surface area (Å²) in [7, 11) is 4.03. The fourth-order valence-corrected chi connectivity index (χ4v) is 1.89. The van der Waals surface area contributed by atoms with Crippen LogP contribution in [0.3, 0.4) is 0 Å². The van der Waals surface area contributed by atoms with Gasteiger partial charge in [-0.3, -0.25) is 4.79 Å². The van der Waals surface area contributed by atoms with Crippen LogP contribution in [-0.4, -0.2) is 64.3 Å². The van der Waals surface area contributed by atoms with Gasteiger partial charge in [0.2, 0.25) is 5.91 Å². The van der Waals surface area contributed by atoms with Crippen molar-refractivity contribution in [1.29, 1.82) is 0 Å². The smallest absolute Gasteiger partial charge is 0.224 e. The molecule has 17 heavy (non-hydrogen) atoms. The molecule has 0 saturated carbocycles. The van der Waals surface area contributed by atoms with E-state index in [2.05, 4.69) is 22.5 Å². The zero-order chi connectivity index (χ0) is 12.7. The number of likely N-dealkylation sites (N-methyl/N-ethyl adjacent to an activating group) is 1. The Labute approximate surface area is 104 Å². The van der Waals surface area contributed by atoms with Gasteiger partial charge < -0.3 is 20.3 Å². The number of carbonyl (C=O) groups excluding carboxylic acids is 1. The second kappa shape index (κ2) is 7.63. The predicted octanol–water partition coefficient (Wildman–Crippen LogP) is -0.464. The summed E-state index contributed by atoms with van der Waals surface area (Å²) < 4.78 is 5.41. The third-order valence-electron chi connectivity index (χ3n) is 3.08. The van der Waals surface area contributed by atoms with Crippen LogP contribution < -0.4 is 10.6 Å². The highest BCUT2D eigenvalue weighted by Gasteiger charge is 2.28. The van der Waals surface area contributed by atoms with E-state index in [9.17, 15) is 4.79 Å². The van der Waals surface area contributed by atoms with Gasteiger partial charge in [-0.1, -0.05) is 6.92 Å². The van der Waals surface area contributed by atoms with Crippen LogP contribution in [0, 0.1) is 11.8 Å². The Kier molecular flexibility index (Phi) is 6.47. The van der Waals surface area contributed by atoms with Gasteiger partial charge >= 0.3 is 0 Å². The summed E-state index contributed by atoms with van der Waals surface area (Å²) in [6.45, 7) is 6.68. The summed E-state index contributed by atoms with van der Waals surface area (Å²) in [6, 6.07) is 0. The normalized spacial score (nSPS) is 24.2. The van der Waals surface area contributed by atoms with Crippen molar-refractivity contribution in [1.82, 2.24) is 15.5 Å². The van der Waals surface area contributed by atoms with Gasteiger partial charge in [0, 0.05) is 19.6 Å². The van der Waals surface area contributed by atoms with Gasteiger partial charge in [-0.15, -0.1) is 0 Å². The maximum Gasteiger partial charge on any atom is 0.224 e. The average molecular weight is 243 g/mol. The van der Waals surface area contributed by atoms with Crippen LogP contribution in [0.25, 0.3) is 0 Å². The number of amides is 1. The molecule has 0 radical (unpaired) electrons. The fraction of sp³-hybridized carbons (Fsp3) is 0.917. The summed E-state index contributed by atoms with van der Waals surface area (Å²) in [6.07, 6.45) is 0. The molecule has 1 fully saturated rings. The second-order valence-electron chi connectivity index (χ2n) is 4.95. The van der Waals surface area contributed by atoms with E-state index in [1.54, 1.807) is 0 Å². The van der Waals surface area contributed by atoms with E-state index >= 15 is 0 Å². The number of nitrogens with zero attached hydrogens (tertiary/aromatic N) is 1. The lowest BCUT2D eigenvalue weighted by atomic mass is 9.97. The molecule has 1 saturated heterocycles. The van der Waals surface area contributed by atoms with Gasteiger partial charge in [-0.05, 0) is 26.6 Å². The third-order valence-corrected chi connectivity index (χ3v) is 3.08. The van der Waals surface area contributed by atoms with Gasteiger partial charge in [-0.25, -0.2) is 0 Å². The third kappa shape index (κ3) is 5.48. The summed E-state index contributed by atoms with van der Waals surface area (Å²) in [5.41, 5.74) is 0. The zero-order valence-corrected chi connectivity index (χ0v) is 11.2. The molecule has 0 aromatic carbocycles. The minimum Gasteiger partial charge on any atom is -0.378 e. The molecule has 100 valence electrons. The van der Waals surface area contributed by atoms with Gasteiger partial charge in [0.05, 0.1) is 19.1 Å². The number of hydrogen-bond acceptors (Lipinski definition) is 4. The first-order chi connectivity index (χ1) is 8.11. The quantitative estimate of drug-likeness (QED) is 0.594. The van der Waals surface area contributed by atoms with E-state index in [0.717, 1.165) is 19.6 Å². The monoisotopic (exact) mass is 243 g/mol. The molecule has 2 unspecified atom stereocenters. The molecule has 0 bridgehead atoms. The zero-order valence-electron chi connectivity index (χ0n) is 11.2. The number of ether oxygens (including phenoxy) is 1. The lowest BCUT2D eigenvalue weighted by Gasteiger charge is -2.14. The number of rotatable bonds is 7. The predicted molar refractivity (Wildman–Crippen MR) is 67.9 cm³/mol. The minimum absolute atomic E-state index is 0.122. The van der Waals surface area contributed by atoms with Crippen molar-refractivity contribution in [3.8, 4) is 0 Å². The number of nitrogens with one attached hydrogen (secondary N) is 2. The summed E-state index contributed by atoms with van der Waals surface area (Å²) in [4.78, 5) is 13.9. The maximum atomic E-state index is 11.8. The summed E-state index contributed by atoms with van der Waals surface area (Å²) in [5, 5.41) is 6.15. The molecule has 1 aliphatic heterocycles. The number of carbonyl (C=O) groups is 1. The van der Waals surface area contributed by atoms with E-state index in [1.165, 1.54) is 0 Å². The van der Waals surface area contributed by atoms with Crippen LogP contribution in [0.2, 0.25) is 0 Å². The molecule has 5 heteroatoms. The van der Waals surface area contributed by atoms with Gasteiger partial charge in [0.15, 0.2) is 0 Å². The topological polar surface area (TPSA) is 53.6 Å². The highest BCUT2D eigenvalue weighted by Crippen LogP contribution is 2.15. The molecule has 1 heterocycles. The van der Waals surface area contributed by atoms with Gasteiger partial charge in [0.1, 0.15) is 0 Å². The van der Waals surface area contributed by atoms with Crippen LogP contribution >= 0.6 is 0 Å². The highest BCUT2D eigenvalue weighted by atomic mass is 16.5. The average Bonchev–Trinajstić information content (AvgIpc) is 2.69. The molecule has 0 aliphatic carbocycles. The Morgan fingerprint density at radius 2 is 2.18 bits per heavy atom. The Morgan fingerprint density at radius 1 is 1.41 bits per heavy atom. The summed E-state index contributed by atoms with van der Waals surface area (Å²) in [5.74, 6) is 0.708. The van der Waals surface area contributed by atoms with Crippen molar-refractivity contribution < 1.29 is 9.53 Å². The highest BCUT2D eigenvalue weighted by molar-refractivity contribution is 5.79. The maximum absolute atomic E-state index is 11.8. The van der Waals surface area contributed by atoms with E-state index in [-0.39, 0.29) is 11.8 Å². The van der Waals surface area contributed by atoms with Gasteiger partial charge in [0.25, 0.3) is 0 Å². The van der Waals surface area contributed by atoms with Crippen molar-refractivity contribution in [2.45, 2.75) is 6.92 Å². The van der Waals surface area contributed by atoms with Crippen molar-refractivity contribution >= 4 is 5.91 Å². The van der Waals surface area contributed by atoms with E-state index in [4.69, 9.17) is 4.74 Å². The SMILES string of the molecule is CC1CNCC1C(=O)NCCOCCN(C)C. The first-order valence-electron chi connectivity index (χ1n) is 6.32. The minimum atomic E-state index is 0.122. The molecule has 5 nitrogen and oxygen atoms in total. The molecule has 1 amide bonds. The molecule has 1 rings (SSSR count). The lowest BCUT2D eigenvalue weighted by Crippen LogP contribution is -2.36. The second-order valence-corrected chi connectivity index (χ2v) is 4.95. The lowest BCUT2D eigenvalue weighted by molar-refractivity contribution is -0.125. The molecule has 0 spiro atoms. The van der Waals surface area contributed by atoms with Crippen LogP contribution in [0.15, 0.2) is 0 Å². The molecule has 1 aliphatic rings. The van der Waals surface area contributed by atoms with Crippen molar-refractivity contribution in [3.05, 3.63) is 0 Å². The summed E-state index contributed by atoms with van der Waals surface area (Å²) >= 11 is 0. The largest absolute Gasteiger partial charge is 0.378 e. The number of hydrogen-bond donors (Lipinski definition) is 2. The van der Waals surface area contributed by atoms with E-state index < -0.39 is 0 Å². The first kappa shape index (κ1) is 14.4. The van der Waals surface area contributed by atoms with Crippen LogP contribution in [-0.2, 0) is 9.53 Å². The molecular formula is C12H25N3O2. The van der Waals surface area contributed by atoms with Crippen LogP contribution in [0.5, 0.6) is 0 Å². The standard InChI is InChI=1S/C12H25N3O2/c1-10-8-13-9-11(10)12(16)14-4-6-17-7-5-15(2)3/h10-11,13H,4-9H2,1-3H3,(H,14,16). The molecular weight excluding hydrogens is 218 g/mol.